The van der Waals surface area contributed by atoms with E-state index in [9.17, 15) is 14.9 Å². The SMILES string of the molecule is O=C(Cn1cc([N+](=O)[O-])cn1)NC1CCCCCCC1. The molecule has 1 aliphatic carbocycles. The number of amides is 1. The highest BCUT2D eigenvalue weighted by Gasteiger charge is 2.15. The molecule has 20 heavy (non-hydrogen) atoms. The maximum absolute atomic E-state index is 11.9. The summed E-state index contributed by atoms with van der Waals surface area (Å²) < 4.78 is 1.30. The molecule has 0 atom stereocenters. The van der Waals surface area contributed by atoms with Crippen LogP contribution in [-0.4, -0.2) is 26.7 Å². The number of hydrogen-bond acceptors (Lipinski definition) is 4. The molecule has 0 bridgehead atoms. The summed E-state index contributed by atoms with van der Waals surface area (Å²) in [6, 6.07) is 0.230. The van der Waals surface area contributed by atoms with E-state index in [1.807, 2.05) is 0 Å². The molecule has 1 aromatic heterocycles. The molecule has 0 radical (unpaired) electrons. The molecule has 2 rings (SSSR count). The van der Waals surface area contributed by atoms with Gasteiger partial charge in [0.15, 0.2) is 0 Å². The van der Waals surface area contributed by atoms with E-state index in [-0.39, 0.29) is 24.2 Å². The number of aromatic nitrogens is 2. The minimum Gasteiger partial charge on any atom is -0.352 e. The summed E-state index contributed by atoms with van der Waals surface area (Å²) in [5.74, 6) is -0.131. The molecule has 0 aliphatic heterocycles. The van der Waals surface area contributed by atoms with E-state index in [4.69, 9.17) is 0 Å². The van der Waals surface area contributed by atoms with Gasteiger partial charge in [0.05, 0.1) is 4.92 Å². The van der Waals surface area contributed by atoms with Crippen molar-refractivity contribution in [1.29, 1.82) is 0 Å². The Balaban J connectivity index is 1.82. The minimum atomic E-state index is -0.518. The summed E-state index contributed by atoms with van der Waals surface area (Å²) in [7, 11) is 0. The van der Waals surface area contributed by atoms with Crippen molar-refractivity contribution in [1.82, 2.24) is 15.1 Å². The van der Waals surface area contributed by atoms with Gasteiger partial charge in [0.2, 0.25) is 5.91 Å². The molecular formula is C13H20N4O3. The molecule has 1 saturated carbocycles. The van der Waals surface area contributed by atoms with E-state index in [1.165, 1.54) is 30.1 Å². The first-order valence-electron chi connectivity index (χ1n) is 7.11. The first-order valence-corrected chi connectivity index (χ1v) is 7.11. The summed E-state index contributed by atoms with van der Waals surface area (Å²) in [5, 5.41) is 17.4. The fourth-order valence-electron chi connectivity index (χ4n) is 2.55. The van der Waals surface area contributed by atoms with Gasteiger partial charge in [-0.05, 0) is 12.8 Å². The zero-order chi connectivity index (χ0) is 14.4. The van der Waals surface area contributed by atoms with Gasteiger partial charge in [0, 0.05) is 6.04 Å². The van der Waals surface area contributed by atoms with Crippen molar-refractivity contribution in [2.45, 2.75) is 57.5 Å². The number of nitrogens with zero attached hydrogens (tertiary/aromatic N) is 3. The minimum absolute atomic E-state index is 0.0321. The van der Waals surface area contributed by atoms with Crippen LogP contribution in [0.15, 0.2) is 12.4 Å². The average Bonchev–Trinajstić information content (AvgIpc) is 2.81. The van der Waals surface area contributed by atoms with Crippen LogP contribution in [0.25, 0.3) is 0 Å². The topological polar surface area (TPSA) is 90.1 Å². The number of carbonyl (C=O) groups excluding carboxylic acids is 1. The van der Waals surface area contributed by atoms with Crippen LogP contribution in [0.4, 0.5) is 5.69 Å². The molecule has 110 valence electrons. The Morgan fingerprint density at radius 1 is 1.35 bits per heavy atom. The molecule has 1 aromatic rings. The Bertz CT molecular complexity index is 464. The highest BCUT2D eigenvalue weighted by atomic mass is 16.6. The summed E-state index contributed by atoms with van der Waals surface area (Å²) in [5.41, 5.74) is -0.0937. The Labute approximate surface area is 117 Å². The Kier molecular flexibility index (Phi) is 5.09. The lowest BCUT2D eigenvalue weighted by molar-refractivity contribution is -0.385. The molecule has 1 aliphatic rings. The molecule has 1 heterocycles. The third kappa shape index (κ3) is 4.32. The van der Waals surface area contributed by atoms with Crippen molar-refractivity contribution < 1.29 is 9.72 Å². The van der Waals surface area contributed by atoms with Gasteiger partial charge < -0.3 is 5.32 Å². The molecule has 1 fully saturated rings. The van der Waals surface area contributed by atoms with E-state index in [2.05, 4.69) is 10.4 Å². The normalized spacial score (nSPS) is 17.2. The quantitative estimate of drug-likeness (QED) is 0.674. The van der Waals surface area contributed by atoms with Crippen LogP contribution in [0.5, 0.6) is 0 Å². The fraction of sp³-hybridized carbons (Fsp3) is 0.692. The van der Waals surface area contributed by atoms with Crippen molar-refractivity contribution in [3.8, 4) is 0 Å². The lowest BCUT2D eigenvalue weighted by Crippen LogP contribution is -2.37. The van der Waals surface area contributed by atoms with Crippen LogP contribution in [-0.2, 0) is 11.3 Å². The van der Waals surface area contributed by atoms with Gasteiger partial charge in [-0.25, -0.2) is 0 Å². The van der Waals surface area contributed by atoms with Crippen LogP contribution >= 0.6 is 0 Å². The van der Waals surface area contributed by atoms with Crippen molar-refractivity contribution in [2.75, 3.05) is 0 Å². The first-order chi connectivity index (χ1) is 9.65. The predicted octanol–water partition coefficient (Wildman–Crippen LogP) is 2.02. The van der Waals surface area contributed by atoms with Crippen LogP contribution in [0, 0.1) is 10.1 Å². The standard InChI is InChI=1S/C13H20N4O3/c18-13(10-16-9-12(8-14-16)17(19)20)15-11-6-4-2-1-3-5-7-11/h8-9,11H,1-7,10H2,(H,15,18). The van der Waals surface area contributed by atoms with Gasteiger partial charge in [-0.1, -0.05) is 32.1 Å². The zero-order valence-electron chi connectivity index (χ0n) is 11.5. The van der Waals surface area contributed by atoms with Crippen molar-refractivity contribution in [2.24, 2.45) is 0 Å². The molecule has 1 amide bonds. The second kappa shape index (κ2) is 7.02. The van der Waals surface area contributed by atoms with E-state index >= 15 is 0 Å². The summed E-state index contributed by atoms with van der Waals surface area (Å²) in [4.78, 5) is 21.9. The Morgan fingerprint density at radius 3 is 2.60 bits per heavy atom. The number of rotatable bonds is 4. The lowest BCUT2D eigenvalue weighted by Gasteiger charge is -2.20. The van der Waals surface area contributed by atoms with Gasteiger partial charge in [0.25, 0.3) is 0 Å². The van der Waals surface area contributed by atoms with Crippen LogP contribution < -0.4 is 5.32 Å². The van der Waals surface area contributed by atoms with Gasteiger partial charge in [-0.15, -0.1) is 0 Å². The molecule has 0 aromatic carbocycles. The van der Waals surface area contributed by atoms with Crippen LogP contribution in [0.3, 0.4) is 0 Å². The van der Waals surface area contributed by atoms with Gasteiger partial charge in [-0.2, -0.15) is 5.10 Å². The second-order valence-corrected chi connectivity index (χ2v) is 5.26. The van der Waals surface area contributed by atoms with E-state index in [0.717, 1.165) is 31.9 Å². The summed E-state index contributed by atoms with van der Waals surface area (Å²) in [6.45, 7) is 0.0321. The Morgan fingerprint density at radius 2 is 2.00 bits per heavy atom. The summed E-state index contributed by atoms with van der Waals surface area (Å²) >= 11 is 0. The number of hydrogen-bond donors (Lipinski definition) is 1. The van der Waals surface area contributed by atoms with Crippen molar-refractivity contribution in [3.63, 3.8) is 0 Å². The predicted molar refractivity (Wildman–Crippen MR) is 73.1 cm³/mol. The maximum Gasteiger partial charge on any atom is 0.307 e. The van der Waals surface area contributed by atoms with Crippen LogP contribution in [0.1, 0.15) is 44.9 Å². The monoisotopic (exact) mass is 280 g/mol. The highest BCUT2D eigenvalue weighted by Crippen LogP contribution is 2.17. The number of nitro groups is 1. The largest absolute Gasteiger partial charge is 0.352 e. The van der Waals surface area contributed by atoms with Gasteiger partial charge in [-0.3, -0.25) is 19.6 Å². The van der Waals surface area contributed by atoms with E-state index < -0.39 is 4.92 Å². The molecular weight excluding hydrogens is 260 g/mol. The third-order valence-corrected chi connectivity index (χ3v) is 3.61. The molecule has 0 spiro atoms. The zero-order valence-corrected chi connectivity index (χ0v) is 11.5. The summed E-state index contributed by atoms with van der Waals surface area (Å²) in [6.07, 6.45) is 10.5. The highest BCUT2D eigenvalue weighted by molar-refractivity contribution is 5.76. The van der Waals surface area contributed by atoms with Crippen LogP contribution in [0.2, 0.25) is 0 Å². The smallest absolute Gasteiger partial charge is 0.307 e. The van der Waals surface area contributed by atoms with Crippen molar-refractivity contribution >= 4 is 11.6 Å². The molecule has 1 N–H and O–H groups in total. The van der Waals surface area contributed by atoms with E-state index in [1.54, 1.807) is 0 Å². The van der Waals surface area contributed by atoms with Crippen molar-refractivity contribution in [3.05, 3.63) is 22.5 Å². The maximum atomic E-state index is 11.9. The Hall–Kier alpha value is -1.92. The average molecular weight is 280 g/mol. The molecule has 0 unspecified atom stereocenters. The first kappa shape index (κ1) is 14.5. The third-order valence-electron chi connectivity index (χ3n) is 3.61. The molecule has 7 heteroatoms. The fourth-order valence-corrected chi connectivity index (χ4v) is 2.55. The lowest BCUT2D eigenvalue weighted by atomic mass is 9.97. The molecule has 0 saturated heterocycles. The second-order valence-electron chi connectivity index (χ2n) is 5.26. The van der Waals surface area contributed by atoms with Gasteiger partial charge >= 0.3 is 5.69 Å². The number of nitrogens with one attached hydrogen (secondary N) is 1. The van der Waals surface area contributed by atoms with E-state index in [0.29, 0.717) is 0 Å². The number of carbonyl (C=O) groups is 1. The van der Waals surface area contributed by atoms with Gasteiger partial charge in [0.1, 0.15) is 18.9 Å². The molecule has 7 nitrogen and oxygen atoms in total.